The zero-order chi connectivity index (χ0) is 10.0. The summed E-state index contributed by atoms with van der Waals surface area (Å²) in [6, 6.07) is 3.01. The molecule has 5 heteroatoms. The number of nitrogen functional groups attached to an aromatic ring is 1. The lowest BCUT2D eigenvalue weighted by Gasteiger charge is -2.08. The standard InChI is InChI=1S/C8H7BClFN2/c9-7-4(1-2-12)5(11)3-6(13)8(7)10/h3H,1,9,13H2. The van der Waals surface area contributed by atoms with Crippen LogP contribution in [0.2, 0.25) is 5.02 Å². The molecular weight excluding hydrogens is 189 g/mol. The Labute approximate surface area is 81.5 Å². The summed E-state index contributed by atoms with van der Waals surface area (Å²) in [5, 5.41) is 8.76. The summed E-state index contributed by atoms with van der Waals surface area (Å²) in [6.45, 7) is 0. The van der Waals surface area contributed by atoms with E-state index in [0.717, 1.165) is 6.07 Å². The largest absolute Gasteiger partial charge is 0.397 e. The molecule has 2 nitrogen and oxygen atoms in total. The first-order chi connectivity index (χ1) is 6.07. The molecule has 2 N–H and O–H groups in total. The van der Waals surface area contributed by atoms with E-state index >= 15 is 0 Å². The summed E-state index contributed by atoms with van der Waals surface area (Å²) in [4.78, 5) is 0. The van der Waals surface area contributed by atoms with E-state index in [0.29, 0.717) is 16.0 Å². The van der Waals surface area contributed by atoms with Crippen LogP contribution in [0.1, 0.15) is 5.56 Å². The molecule has 0 saturated carbocycles. The van der Waals surface area contributed by atoms with Crippen molar-refractivity contribution < 1.29 is 4.39 Å². The van der Waals surface area contributed by atoms with Gasteiger partial charge in [-0.3, -0.25) is 0 Å². The number of benzene rings is 1. The smallest absolute Gasteiger partial charge is 0.141 e. The van der Waals surface area contributed by atoms with Gasteiger partial charge in [0.05, 0.1) is 23.2 Å². The highest BCUT2D eigenvalue weighted by Gasteiger charge is 2.11. The second-order valence-corrected chi connectivity index (χ2v) is 3.08. The van der Waals surface area contributed by atoms with E-state index in [2.05, 4.69) is 0 Å². The lowest BCUT2D eigenvalue weighted by Crippen LogP contribution is -2.16. The molecule has 1 aromatic rings. The van der Waals surface area contributed by atoms with Crippen molar-refractivity contribution in [1.29, 1.82) is 5.26 Å². The Bertz CT molecular complexity index is 387. The quantitative estimate of drug-likeness (QED) is 0.522. The molecule has 0 spiro atoms. The van der Waals surface area contributed by atoms with Crippen LogP contribution in [0.25, 0.3) is 0 Å². The molecule has 1 aromatic carbocycles. The molecule has 0 amide bonds. The van der Waals surface area contributed by atoms with Crippen LogP contribution in [0.3, 0.4) is 0 Å². The highest BCUT2D eigenvalue weighted by molar-refractivity contribution is 6.47. The first-order valence-electron chi connectivity index (χ1n) is 3.67. The van der Waals surface area contributed by atoms with Gasteiger partial charge >= 0.3 is 0 Å². The van der Waals surface area contributed by atoms with Crippen molar-refractivity contribution in [3.05, 3.63) is 22.5 Å². The minimum atomic E-state index is -0.471. The molecule has 0 fully saturated rings. The zero-order valence-corrected chi connectivity index (χ0v) is 7.82. The van der Waals surface area contributed by atoms with Crippen molar-refractivity contribution in [1.82, 2.24) is 0 Å². The van der Waals surface area contributed by atoms with Gasteiger partial charge in [0.1, 0.15) is 13.7 Å². The van der Waals surface area contributed by atoms with Crippen molar-refractivity contribution in [2.24, 2.45) is 0 Å². The van der Waals surface area contributed by atoms with Gasteiger partial charge < -0.3 is 5.73 Å². The fraction of sp³-hybridized carbons (Fsp3) is 0.125. The molecule has 0 aliphatic rings. The minimum Gasteiger partial charge on any atom is -0.397 e. The number of hydrogen-bond acceptors (Lipinski definition) is 2. The zero-order valence-electron chi connectivity index (χ0n) is 7.06. The fourth-order valence-electron chi connectivity index (χ4n) is 1.11. The molecule has 0 saturated heterocycles. The van der Waals surface area contributed by atoms with Crippen LogP contribution in [0.5, 0.6) is 0 Å². The van der Waals surface area contributed by atoms with Crippen LogP contribution in [0.15, 0.2) is 6.07 Å². The molecule has 66 valence electrons. The van der Waals surface area contributed by atoms with Gasteiger partial charge in [0.2, 0.25) is 0 Å². The van der Waals surface area contributed by atoms with Gasteiger partial charge in [0, 0.05) is 0 Å². The summed E-state index contributed by atoms with van der Waals surface area (Å²) in [7, 11) is 1.65. The van der Waals surface area contributed by atoms with Gasteiger partial charge in [0.25, 0.3) is 0 Å². The van der Waals surface area contributed by atoms with Crippen molar-refractivity contribution in [2.45, 2.75) is 6.42 Å². The number of anilines is 1. The third-order valence-corrected chi connectivity index (χ3v) is 2.36. The first kappa shape index (κ1) is 9.88. The lowest BCUT2D eigenvalue weighted by atomic mass is 9.88. The third kappa shape index (κ3) is 1.76. The number of nitrogens with two attached hydrogens (primary N) is 1. The Morgan fingerprint density at radius 2 is 2.31 bits per heavy atom. The molecule has 0 heterocycles. The number of nitrogens with zero attached hydrogens (tertiary/aromatic N) is 1. The molecule has 0 atom stereocenters. The van der Waals surface area contributed by atoms with Crippen LogP contribution in [0, 0.1) is 17.1 Å². The van der Waals surface area contributed by atoms with Crippen molar-refractivity contribution in [2.75, 3.05) is 5.73 Å². The summed E-state index contributed by atoms with van der Waals surface area (Å²) in [6.07, 6.45) is 0.0116. The number of halogens is 2. The normalized spacial score (nSPS) is 9.62. The molecule has 0 aliphatic heterocycles. The molecular formula is C8H7BClFN2. The van der Waals surface area contributed by atoms with Gasteiger partial charge in [-0.25, -0.2) is 4.39 Å². The van der Waals surface area contributed by atoms with Gasteiger partial charge in [-0.1, -0.05) is 17.1 Å². The van der Waals surface area contributed by atoms with Crippen LogP contribution in [0.4, 0.5) is 10.1 Å². The number of hydrogen-bond donors (Lipinski definition) is 1. The average Bonchev–Trinajstić information content (AvgIpc) is 2.09. The third-order valence-electron chi connectivity index (χ3n) is 1.86. The molecule has 0 bridgehead atoms. The van der Waals surface area contributed by atoms with Crippen LogP contribution < -0.4 is 11.2 Å². The summed E-state index contributed by atoms with van der Waals surface area (Å²) >= 11 is 5.79. The van der Waals surface area contributed by atoms with Crippen molar-refractivity contribution >= 4 is 30.6 Å². The summed E-state index contributed by atoms with van der Waals surface area (Å²) in [5.41, 5.74) is 6.50. The van der Waals surface area contributed by atoms with Gasteiger partial charge in [0.15, 0.2) is 0 Å². The van der Waals surface area contributed by atoms with E-state index in [1.54, 1.807) is 7.85 Å². The Hall–Kier alpha value is -1.21. The van der Waals surface area contributed by atoms with E-state index in [-0.39, 0.29) is 12.1 Å². The average molecular weight is 196 g/mol. The number of rotatable bonds is 1. The van der Waals surface area contributed by atoms with Crippen LogP contribution in [-0.2, 0) is 6.42 Å². The van der Waals surface area contributed by atoms with E-state index < -0.39 is 5.82 Å². The molecule has 0 radical (unpaired) electrons. The van der Waals surface area contributed by atoms with Crippen LogP contribution in [-0.4, -0.2) is 7.85 Å². The predicted molar refractivity (Wildman–Crippen MR) is 53.3 cm³/mol. The molecule has 13 heavy (non-hydrogen) atoms. The highest BCUT2D eigenvalue weighted by Crippen LogP contribution is 2.19. The van der Waals surface area contributed by atoms with E-state index in [9.17, 15) is 4.39 Å². The predicted octanol–water partition coefficient (Wildman–Crippen LogP) is 0.386. The molecule has 0 unspecified atom stereocenters. The summed E-state index contributed by atoms with van der Waals surface area (Å²) < 4.78 is 13.2. The van der Waals surface area contributed by atoms with Gasteiger partial charge in [-0.2, -0.15) is 5.26 Å². The second kappa shape index (κ2) is 3.67. The lowest BCUT2D eigenvalue weighted by molar-refractivity contribution is 0.617. The summed E-state index contributed by atoms with van der Waals surface area (Å²) in [5.74, 6) is -0.471. The molecule has 1 rings (SSSR count). The van der Waals surface area contributed by atoms with Crippen molar-refractivity contribution in [3.8, 4) is 6.07 Å². The van der Waals surface area contributed by atoms with Gasteiger partial charge in [-0.15, -0.1) is 0 Å². The maximum Gasteiger partial charge on any atom is 0.141 e. The topological polar surface area (TPSA) is 49.8 Å². The Morgan fingerprint density at radius 1 is 1.69 bits per heavy atom. The monoisotopic (exact) mass is 196 g/mol. The van der Waals surface area contributed by atoms with Crippen molar-refractivity contribution in [3.63, 3.8) is 0 Å². The van der Waals surface area contributed by atoms with E-state index in [4.69, 9.17) is 22.6 Å². The van der Waals surface area contributed by atoms with Crippen LogP contribution >= 0.6 is 11.6 Å². The first-order valence-corrected chi connectivity index (χ1v) is 4.05. The minimum absolute atomic E-state index is 0.0116. The maximum atomic E-state index is 13.2. The van der Waals surface area contributed by atoms with Gasteiger partial charge in [-0.05, 0) is 11.6 Å². The second-order valence-electron chi connectivity index (χ2n) is 2.70. The van der Waals surface area contributed by atoms with E-state index in [1.807, 2.05) is 6.07 Å². The highest BCUT2D eigenvalue weighted by atomic mass is 35.5. The fourth-order valence-corrected chi connectivity index (χ4v) is 1.28. The number of nitriles is 1. The molecule has 0 aliphatic carbocycles. The Kier molecular flexibility index (Phi) is 2.79. The molecule has 0 aromatic heterocycles. The Balaban J connectivity index is 3.36. The SMILES string of the molecule is Bc1c(Cl)c(N)cc(F)c1CC#N. The maximum absolute atomic E-state index is 13.2. The van der Waals surface area contributed by atoms with E-state index in [1.165, 1.54) is 0 Å². The Morgan fingerprint density at radius 3 is 2.85 bits per heavy atom.